The molecule has 0 saturated heterocycles. The molecule has 0 heterocycles. The molecular weight excluding hydrogens is 550 g/mol. The van der Waals surface area contributed by atoms with Crippen molar-refractivity contribution in [3.8, 4) is 5.75 Å². The first-order valence-corrected chi connectivity index (χ1v) is 14.6. The number of nitrogens with two attached hydrogens (primary N) is 1. The van der Waals surface area contributed by atoms with Crippen LogP contribution < -0.4 is 5.73 Å². The Morgan fingerprint density at radius 1 is 1.10 bits per heavy atom. The van der Waals surface area contributed by atoms with Crippen molar-refractivity contribution >= 4 is 40.6 Å². The van der Waals surface area contributed by atoms with E-state index in [1.165, 1.54) is 17.4 Å². The fourth-order valence-corrected chi connectivity index (χ4v) is 8.25. The van der Waals surface area contributed by atoms with Gasteiger partial charge in [0.05, 0.1) is 17.5 Å². The zero-order valence-electron chi connectivity index (χ0n) is 23.9. The molecule has 0 bridgehead atoms. The largest absolute Gasteiger partial charge is 0.507 e. The molecular formula is C30H38ClN3O7. The van der Waals surface area contributed by atoms with Gasteiger partial charge in [-0.3, -0.25) is 33.8 Å². The first kappa shape index (κ1) is 29.8. The number of phenols is 1. The average molecular weight is 588 g/mol. The second-order valence-corrected chi connectivity index (χ2v) is 13.3. The number of carbonyl (C=O) groups is 5. The lowest BCUT2D eigenvalue weighted by atomic mass is 9.52. The maximum absolute atomic E-state index is 13.9. The van der Waals surface area contributed by atoms with Crippen molar-refractivity contribution in [3.05, 3.63) is 27.8 Å². The number of amides is 1. The number of Topliss-reactive ketones (excluding diaryl/α,β-unsaturated/α-hetero) is 4. The van der Waals surface area contributed by atoms with Crippen LogP contribution in [0.4, 0.5) is 0 Å². The second kappa shape index (κ2) is 10.3. The smallest absolute Gasteiger partial charge is 0.235 e. The van der Waals surface area contributed by atoms with Crippen LogP contribution in [0, 0.1) is 23.7 Å². The summed E-state index contributed by atoms with van der Waals surface area (Å²) in [7, 11) is 5.14. The number of primary amides is 1. The van der Waals surface area contributed by atoms with E-state index in [0.29, 0.717) is 22.7 Å². The van der Waals surface area contributed by atoms with Gasteiger partial charge in [0, 0.05) is 23.0 Å². The van der Waals surface area contributed by atoms with E-state index in [-0.39, 0.29) is 29.7 Å². The lowest BCUT2D eigenvalue weighted by molar-refractivity contribution is -0.181. The van der Waals surface area contributed by atoms with Gasteiger partial charge in [-0.2, -0.15) is 0 Å². The van der Waals surface area contributed by atoms with Crippen LogP contribution in [-0.4, -0.2) is 87.4 Å². The van der Waals surface area contributed by atoms with Crippen LogP contribution in [-0.2, 0) is 32.1 Å². The summed E-state index contributed by atoms with van der Waals surface area (Å²) in [4.78, 5) is 70.2. The van der Waals surface area contributed by atoms with Gasteiger partial charge in [0.1, 0.15) is 5.75 Å². The van der Waals surface area contributed by atoms with E-state index in [0.717, 1.165) is 25.7 Å². The molecule has 41 heavy (non-hydrogen) atoms. The molecule has 222 valence electrons. The van der Waals surface area contributed by atoms with Crippen molar-refractivity contribution in [2.45, 2.75) is 75.6 Å². The lowest BCUT2D eigenvalue weighted by Crippen LogP contribution is -2.74. The van der Waals surface area contributed by atoms with Gasteiger partial charge in [0.2, 0.25) is 5.91 Å². The molecule has 2 unspecified atom stereocenters. The van der Waals surface area contributed by atoms with Crippen molar-refractivity contribution in [1.82, 2.24) is 9.80 Å². The molecule has 3 fully saturated rings. The summed E-state index contributed by atoms with van der Waals surface area (Å²) in [5.74, 6) is -10.7. The molecule has 11 heteroatoms. The minimum Gasteiger partial charge on any atom is -0.507 e. The molecule has 3 saturated carbocycles. The molecule has 1 aromatic carbocycles. The maximum atomic E-state index is 13.9. The van der Waals surface area contributed by atoms with Gasteiger partial charge in [0.15, 0.2) is 34.7 Å². The Morgan fingerprint density at radius 2 is 1.73 bits per heavy atom. The van der Waals surface area contributed by atoms with E-state index in [9.17, 15) is 34.2 Å². The number of aliphatic hydroxyl groups is 1. The molecule has 1 aromatic rings. The highest BCUT2D eigenvalue weighted by Gasteiger charge is 2.69. The number of rotatable bonds is 5. The van der Waals surface area contributed by atoms with Gasteiger partial charge in [-0.1, -0.05) is 30.9 Å². The van der Waals surface area contributed by atoms with E-state index in [4.69, 9.17) is 17.3 Å². The van der Waals surface area contributed by atoms with Gasteiger partial charge >= 0.3 is 0 Å². The Bertz CT molecular complexity index is 1350. The topological polar surface area (TPSA) is 158 Å². The zero-order chi connectivity index (χ0) is 30.2. The summed E-state index contributed by atoms with van der Waals surface area (Å²) in [6.07, 6.45) is 5.72. The van der Waals surface area contributed by atoms with Crippen molar-refractivity contribution in [1.29, 1.82) is 0 Å². The number of nitrogens with zero attached hydrogens (tertiary/aromatic N) is 2. The number of hydrogen-bond acceptors (Lipinski definition) is 9. The van der Waals surface area contributed by atoms with Gasteiger partial charge in [-0.15, -0.1) is 0 Å². The molecule has 10 nitrogen and oxygen atoms in total. The van der Waals surface area contributed by atoms with E-state index >= 15 is 0 Å². The van der Waals surface area contributed by atoms with Crippen LogP contribution in [0.15, 0.2) is 6.07 Å². The lowest BCUT2D eigenvalue weighted by Gasteiger charge is -2.52. The van der Waals surface area contributed by atoms with Crippen molar-refractivity contribution in [3.63, 3.8) is 0 Å². The van der Waals surface area contributed by atoms with Gasteiger partial charge < -0.3 is 15.9 Å². The second-order valence-electron chi connectivity index (χ2n) is 12.9. The normalized spacial score (nSPS) is 33.0. The third-order valence-electron chi connectivity index (χ3n) is 10.3. The highest BCUT2D eigenvalue weighted by atomic mass is 35.5. The summed E-state index contributed by atoms with van der Waals surface area (Å²) in [5, 5.41) is 23.1. The third kappa shape index (κ3) is 4.37. The van der Waals surface area contributed by atoms with Crippen LogP contribution in [0.3, 0.4) is 0 Å². The average Bonchev–Trinajstić information content (AvgIpc) is 2.89. The molecule has 4 aliphatic rings. The maximum Gasteiger partial charge on any atom is 0.235 e. The van der Waals surface area contributed by atoms with Crippen LogP contribution in [0.25, 0.3) is 0 Å². The third-order valence-corrected chi connectivity index (χ3v) is 10.8. The molecule has 1 amide bonds. The van der Waals surface area contributed by atoms with E-state index in [1.54, 1.807) is 14.1 Å². The number of carbonyl (C=O) groups excluding carboxylic acids is 5. The van der Waals surface area contributed by atoms with E-state index in [1.807, 2.05) is 7.05 Å². The number of hydrogen-bond donors (Lipinski definition) is 3. The first-order valence-electron chi connectivity index (χ1n) is 14.2. The fraction of sp³-hybridized carbons (Fsp3) is 0.633. The van der Waals surface area contributed by atoms with Crippen molar-refractivity contribution in [2.24, 2.45) is 29.4 Å². The SMILES string of the molecule is CN(C)[C@@H]1C(=O)C(C(N)=O)C(=O)[C@@]2(O)C(=O)C3C(=O)c4c(O)cc(CN(C)C5(C)CCCCC5)c(Cl)c4C[C@H]3C[C@@H]12. The quantitative estimate of drug-likeness (QED) is 0.436. The molecule has 0 spiro atoms. The first-order chi connectivity index (χ1) is 19.1. The highest BCUT2D eigenvalue weighted by Crippen LogP contribution is 2.52. The van der Waals surface area contributed by atoms with Crippen molar-refractivity contribution < 1.29 is 34.2 Å². The van der Waals surface area contributed by atoms with Crippen LogP contribution in [0.1, 0.15) is 66.9 Å². The fourth-order valence-electron chi connectivity index (χ4n) is 7.96. The molecule has 5 rings (SSSR count). The Kier molecular flexibility index (Phi) is 7.46. The molecule has 0 aliphatic heterocycles. The number of fused-ring (bicyclic) bond motifs is 3. The molecule has 0 radical (unpaired) electrons. The molecule has 0 aromatic heterocycles. The predicted molar refractivity (Wildman–Crippen MR) is 149 cm³/mol. The number of aromatic hydroxyl groups is 1. The zero-order valence-corrected chi connectivity index (χ0v) is 24.7. The Morgan fingerprint density at radius 3 is 2.32 bits per heavy atom. The molecule has 4 N–H and O–H groups in total. The summed E-state index contributed by atoms with van der Waals surface area (Å²) < 4.78 is 0. The van der Waals surface area contributed by atoms with E-state index < -0.39 is 64.4 Å². The molecule has 4 aliphatic carbocycles. The summed E-state index contributed by atoms with van der Waals surface area (Å²) in [5.41, 5.74) is 3.61. The van der Waals surface area contributed by atoms with Gasteiger partial charge in [-0.25, -0.2) is 0 Å². The molecule has 6 atom stereocenters. The minimum atomic E-state index is -2.74. The number of halogens is 1. The van der Waals surface area contributed by atoms with Crippen molar-refractivity contribution in [2.75, 3.05) is 21.1 Å². The number of phenolic OH excluding ortho intramolecular Hbond substituents is 1. The standard InChI is InChI=1S/C30H38ClN3O7/c1-29(8-6-5-7-9-29)34(4)13-15-12-18(35)20-16(22(15)31)10-14-11-17-23(33(2)3)25(37)21(28(32)40)27(39)30(17,41)26(38)19(14)24(20)36/h12,14,17,19,21,23,35,41H,5-11,13H2,1-4H3,(H2,32,40)/t14-,17-,19?,21?,23-,30-/m0/s1. The van der Waals surface area contributed by atoms with Crippen LogP contribution in [0.2, 0.25) is 5.02 Å². The Labute approximate surface area is 244 Å². The van der Waals surface area contributed by atoms with E-state index in [2.05, 4.69) is 11.8 Å². The number of likely N-dealkylation sites (N-methyl/N-ethyl adjacent to an activating group) is 1. The monoisotopic (exact) mass is 587 g/mol. The van der Waals surface area contributed by atoms with Crippen LogP contribution in [0.5, 0.6) is 5.75 Å². The predicted octanol–water partition coefficient (Wildman–Crippen LogP) is 1.68. The van der Waals surface area contributed by atoms with Gasteiger partial charge in [0.25, 0.3) is 0 Å². The van der Waals surface area contributed by atoms with Crippen LogP contribution >= 0.6 is 11.6 Å². The Hall–Kier alpha value is -2.66. The van der Waals surface area contributed by atoms with Gasteiger partial charge in [-0.05, 0) is 76.9 Å². The Balaban J connectivity index is 1.54. The summed E-state index contributed by atoms with van der Waals surface area (Å²) in [6.45, 7) is 2.68. The highest BCUT2D eigenvalue weighted by molar-refractivity contribution is 6.34. The minimum absolute atomic E-state index is 0.0107. The number of benzene rings is 1. The summed E-state index contributed by atoms with van der Waals surface area (Å²) in [6, 6.07) is 0.319. The number of ketones is 4. The summed E-state index contributed by atoms with van der Waals surface area (Å²) >= 11 is 6.91.